The Kier molecular flexibility index (Phi) is 4.92. The molecule has 0 saturated carbocycles. The van der Waals surface area contributed by atoms with E-state index in [9.17, 15) is 13.2 Å². The summed E-state index contributed by atoms with van der Waals surface area (Å²) >= 11 is 1.19. The van der Waals surface area contributed by atoms with Gasteiger partial charge in [-0.25, -0.2) is 18.5 Å². The Morgan fingerprint density at radius 1 is 1.15 bits per heavy atom. The van der Waals surface area contributed by atoms with Crippen LogP contribution in [0.2, 0.25) is 0 Å². The molecule has 0 aliphatic heterocycles. The summed E-state index contributed by atoms with van der Waals surface area (Å²) in [4.78, 5) is 16.9. The summed E-state index contributed by atoms with van der Waals surface area (Å²) in [7, 11) is -3.46. The Bertz CT molecular complexity index is 1090. The molecule has 136 valence electrons. The molecule has 2 heterocycles. The number of sulfonamides is 1. The number of hydrogen-bond donors (Lipinski definition) is 2. The lowest BCUT2D eigenvalue weighted by Gasteiger charge is -2.10. The Balaban J connectivity index is 2.25. The number of nitrogens with zero attached hydrogens (tertiary/aromatic N) is 2. The molecule has 26 heavy (non-hydrogen) atoms. The van der Waals surface area contributed by atoms with E-state index in [1.807, 2.05) is 44.2 Å². The van der Waals surface area contributed by atoms with Crippen molar-refractivity contribution in [3.63, 3.8) is 0 Å². The van der Waals surface area contributed by atoms with Crippen LogP contribution >= 0.6 is 11.3 Å². The van der Waals surface area contributed by atoms with E-state index in [2.05, 4.69) is 19.9 Å². The molecule has 3 aromatic rings. The minimum absolute atomic E-state index is 0.0665. The molecule has 0 saturated heterocycles. The van der Waals surface area contributed by atoms with Crippen LogP contribution in [-0.4, -0.2) is 29.9 Å². The van der Waals surface area contributed by atoms with E-state index < -0.39 is 10.0 Å². The Labute approximate surface area is 155 Å². The zero-order chi connectivity index (χ0) is 18.9. The smallest absolute Gasteiger partial charge is 0.264 e. The van der Waals surface area contributed by atoms with Gasteiger partial charge in [-0.3, -0.25) is 9.52 Å². The number of rotatable bonds is 5. The number of benzene rings is 1. The van der Waals surface area contributed by atoms with Gasteiger partial charge in [0.25, 0.3) is 5.56 Å². The fourth-order valence-electron chi connectivity index (χ4n) is 2.51. The van der Waals surface area contributed by atoms with Gasteiger partial charge in [-0.1, -0.05) is 55.5 Å². The second-order valence-electron chi connectivity index (χ2n) is 6.13. The third kappa shape index (κ3) is 4.00. The SMILES string of the molecule is CC(C)c1cc(=O)[nH]nc1-c1sc(NS(C)(=O)=O)nc1-c1ccccc1. The summed E-state index contributed by atoms with van der Waals surface area (Å²) in [5.74, 6) is 0.0665. The second kappa shape index (κ2) is 7.00. The van der Waals surface area contributed by atoms with Crippen LogP contribution in [-0.2, 0) is 10.0 Å². The summed E-state index contributed by atoms with van der Waals surface area (Å²) in [5.41, 5.74) is 2.54. The molecule has 0 fully saturated rings. The minimum atomic E-state index is -3.46. The van der Waals surface area contributed by atoms with Gasteiger partial charge in [0, 0.05) is 11.6 Å². The number of aromatic nitrogens is 3. The fraction of sp³-hybridized carbons (Fsp3) is 0.235. The zero-order valence-corrected chi connectivity index (χ0v) is 16.1. The molecule has 0 bridgehead atoms. The molecule has 0 unspecified atom stereocenters. The van der Waals surface area contributed by atoms with Crippen molar-refractivity contribution in [1.82, 2.24) is 15.2 Å². The van der Waals surface area contributed by atoms with Gasteiger partial charge in [0.1, 0.15) is 5.69 Å². The monoisotopic (exact) mass is 390 g/mol. The Hall–Kier alpha value is -2.52. The lowest BCUT2D eigenvalue weighted by atomic mass is 10.00. The highest BCUT2D eigenvalue weighted by molar-refractivity contribution is 7.92. The number of anilines is 1. The molecular formula is C17H18N4O3S2. The lowest BCUT2D eigenvalue weighted by Crippen LogP contribution is -2.11. The van der Waals surface area contributed by atoms with Crippen LogP contribution in [0.3, 0.4) is 0 Å². The molecule has 0 atom stereocenters. The van der Waals surface area contributed by atoms with Crippen molar-refractivity contribution in [1.29, 1.82) is 0 Å². The molecule has 9 heteroatoms. The van der Waals surface area contributed by atoms with Crippen LogP contribution in [0.15, 0.2) is 41.2 Å². The number of thiazole rings is 1. The maximum absolute atomic E-state index is 11.7. The zero-order valence-electron chi connectivity index (χ0n) is 14.5. The standard InChI is InChI=1S/C17H18N4O3S2/c1-10(2)12-9-13(22)19-20-15(12)16-14(11-7-5-4-6-8-11)18-17(25-16)21-26(3,23)24/h4-10H,1-3H3,(H,18,21)(H,19,22). The van der Waals surface area contributed by atoms with Gasteiger partial charge >= 0.3 is 0 Å². The van der Waals surface area contributed by atoms with Gasteiger partial charge in [0.2, 0.25) is 10.0 Å². The van der Waals surface area contributed by atoms with Crippen molar-refractivity contribution < 1.29 is 8.42 Å². The highest BCUT2D eigenvalue weighted by Gasteiger charge is 2.21. The van der Waals surface area contributed by atoms with Gasteiger partial charge in [-0.15, -0.1) is 0 Å². The molecular weight excluding hydrogens is 372 g/mol. The van der Waals surface area contributed by atoms with E-state index in [0.717, 1.165) is 17.4 Å². The highest BCUT2D eigenvalue weighted by atomic mass is 32.2. The first kappa shape index (κ1) is 18.3. The minimum Gasteiger partial charge on any atom is -0.268 e. The molecule has 2 aromatic heterocycles. The molecule has 1 aromatic carbocycles. The number of aromatic amines is 1. The van der Waals surface area contributed by atoms with Crippen molar-refractivity contribution in [2.75, 3.05) is 11.0 Å². The van der Waals surface area contributed by atoms with Crippen molar-refractivity contribution in [3.8, 4) is 21.8 Å². The van der Waals surface area contributed by atoms with Gasteiger partial charge in [0.05, 0.1) is 16.8 Å². The fourth-order valence-corrected chi connectivity index (χ4v) is 4.35. The Morgan fingerprint density at radius 3 is 2.46 bits per heavy atom. The topological polar surface area (TPSA) is 105 Å². The quantitative estimate of drug-likeness (QED) is 0.697. The summed E-state index contributed by atoms with van der Waals surface area (Å²) < 4.78 is 25.6. The third-order valence-electron chi connectivity index (χ3n) is 3.62. The second-order valence-corrected chi connectivity index (χ2v) is 8.88. The molecule has 3 rings (SSSR count). The van der Waals surface area contributed by atoms with E-state index in [1.54, 1.807) is 0 Å². The molecule has 0 spiro atoms. The third-order valence-corrected chi connectivity index (χ3v) is 5.29. The summed E-state index contributed by atoms with van der Waals surface area (Å²) in [6.07, 6.45) is 1.08. The van der Waals surface area contributed by atoms with Crippen molar-refractivity contribution in [2.24, 2.45) is 0 Å². The van der Waals surface area contributed by atoms with Crippen LogP contribution in [0, 0.1) is 0 Å². The molecule has 0 aliphatic carbocycles. The van der Waals surface area contributed by atoms with Crippen molar-refractivity contribution in [3.05, 3.63) is 52.3 Å². The molecule has 2 N–H and O–H groups in total. The first-order valence-corrected chi connectivity index (χ1v) is 10.6. The average molecular weight is 390 g/mol. The largest absolute Gasteiger partial charge is 0.268 e. The predicted octanol–water partition coefficient (Wildman–Crippen LogP) is 3.06. The van der Waals surface area contributed by atoms with Crippen LogP contribution in [0.25, 0.3) is 21.8 Å². The first-order valence-electron chi connectivity index (χ1n) is 7.88. The predicted molar refractivity (Wildman–Crippen MR) is 104 cm³/mol. The van der Waals surface area contributed by atoms with Crippen LogP contribution in [0.4, 0.5) is 5.13 Å². The van der Waals surface area contributed by atoms with E-state index in [1.165, 1.54) is 17.4 Å². The number of hydrogen-bond acceptors (Lipinski definition) is 6. The van der Waals surface area contributed by atoms with E-state index >= 15 is 0 Å². The van der Waals surface area contributed by atoms with E-state index in [0.29, 0.717) is 16.3 Å². The maximum Gasteiger partial charge on any atom is 0.264 e. The normalized spacial score (nSPS) is 11.7. The Morgan fingerprint density at radius 2 is 1.85 bits per heavy atom. The number of nitrogens with one attached hydrogen (secondary N) is 2. The van der Waals surface area contributed by atoms with Gasteiger partial charge in [0.15, 0.2) is 5.13 Å². The van der Waals surface area contributed by atoms with Gasteiger partial charge < -0.3 is 0 Å². The summed E-state index contributed by atoms with van der Waals surface area (Å²) in [5, 5.41) is 6.94. The van der Waals surface area contributed by atoms with Crippen LogP contribution < -0.4 is 10.3 Å². The summed E-state index contributed by atoms with van der Waals surface area (Å²) in [6.45, 7) is 3.94. The summed E-state index contributed by atoms with van der Waals surface area (Å²) in [6, 6.07) is 11.0. The lowest BCUT2D eigenvalue weighted by molar-refractivity contribution is 0.607. The van der Waals surface area contributed by atoms with E-state index in [4.69, 9.17) is 0 Å². The maximum atomic E-state index is 11.7. The molecule has 0 radical (unpaired) electrons. The number of H-pyrrole nitrogens is 1. The van der Waals surface area contributed by atoms with Crippen molar-refractivity contribution in [2.45, 2.75) is 19.8 Å². The van der Waals surface area contributed by atoms with Crippen molar-refractivity contribution >= 4 is 26.5 Å². The average Bonchev–Trinajstić information content (AvgIpc) is 2.97. The van der Waals surface area contributed by atoms with Crippen LogP contribution in [0.1, 0.15) is 25.3 Å². The van der Waals surface area contributed by atoms with Gasteiger partial charge in [-0.05, 0) is 11.5 Å². The van der Waals surface area contributed by atoms with E-state index in [-0.39, 0.29) is 16.6 Å². The molecule has 0 amide bonds. The molecule has 7 nitrogen and oxygen atoms in total. The van der Waals surface area contributed by atoms with Gasteiger partial charge in [-0.2, -0.15) is 5.10 Å². The molecule has 0 aliphatic rings. The first-order chi connectivity index (χ1) is 12.2. The highest BCUT2D eigenvalue weighted by Crippen LogP contribution is 2.40. The van der Waals surface area contributed by atoms with Crippen LogP contribution in [0.5, 0.6) is 0 Å².